The average Bonchev–Trinajstić information content (AvgIpc) is 3.71. The molecule has 0 saturated heterocycles. The lowest BCUT2D eigenvalue weighted by Crippen LogP contribution is -2.35. The fourth-order valence-electron chi connectivity index (χ4n) is 5.27. The number of nitrogens with one attached hydrogen (secondary N) is 2. The van der Waals surface area contributed by atoms with Gasteiger partial charge >= 0.3 is 0 Å². The van der Waals surface area contributed by atoms with Gasteiger partial charge in [0, 0.05) is 42.3 Å². The predicted octanol–water partition coefficient (Wildman–Crippen LogP) is 4.05. The van der Waals surface area contributed by atoms with E-state index < -0.39 is 15.6 Å². The van der Waals surface area contributed by atoms with E-state index in [9.17, 15) is 13.5 Å². The fourth-order valence-corrected chi connectivity index (χ4v) is 6.75. The minimum atomic E-state index is -3.48. The van der Waals surface area contributed by atoms with Gasteiger partial charge in [-0.25, -0.2) is 23.4 Å². The van der Waals surface area contributed by atoms with E-state index >= 15 is 0 Å². The van der Waals surface area contributed by atoms with Crippen LogP contribution in [0.15, 0.2) is 55.1 Å². The highest BCUT2D eigenvalue weighted by molar-refractivity contribution is 7.90. The molecule has 0 atom stereocenters. The molecule has 12 nitrogen and oxygen atoms in total. The molecule has 0 bridgehead atoms. The second-order valence-electron chi connectivity index (χ2n) is 12.0. The highest BCUT2D eigenvalue weighted by Gasteiger charge is 2.37. The molecule has 2 saturated carbocycles. The normalized spacial score (nSPS) is 20.7. The van der Waals surface area contributed by atoms with Crippen LogP contribution in [-0.2, 0) is 16.6 Å². The van der Waals surface area contributed by atoms with Crippen molar-refractivity contribution in [2.45, 2.75) is 68.9 Å². The largest absolute Gasteiger partial charge is 0.390 e. The van der Waals surface area contributed by atoms with Crippen LogP contribution < -0.4 is 10.6 Å². The summed E-state index contributed by atoms with van der Waals surface area (Å²) in [6.45, 7) is 2.62. The molecule has 0 aliphatic heterocycles. The van der Waals surface area contributed by atoms with Gasteiger partial charge in [-0.1, -0.05) is 6.07 Å². The Kier molecular flexibility index (Phi) is 7.88. The molecule has 0 unspecified atom stereocenters. The van der Waals surface area contributed by atoms with E-state index in [2.05, 4.69) is 35.6 Å². The molecule has 4 aromatic heterocycles. The molecule has 0 aromatic carbocycles. The van der Waals surface area contributed by atoms with Gasteiger partial charge in [0.1, 0.15) is 11.6 Å². The molecule has 0 amide bonds. The summed E-state index contributed by atoms with van der Waals surface area (Å²) in [6, 6.07) is 9.89. The zero-order valence-electron chi connectivity index (χ0n) is 24.6. The molecule has 43 heavy (non-hydrogen) atoms. The Balaban J connectivity index is 1.27. The van der Waals surface area contributed by atoms with Gasteiger partial charge in [-0.15, -0.1) is 0 Å². The lowest BCUT2D eigenvalue weighted by molar-refractivity contribution is 0.0196. The third-order valence-electron chi connectivity index (χ3n) is 7.82. The average molecular weight is 604 g/mol. The maximum absolute atomic E-state index is 12.6. The monoisotopic (exact) mass is 603 g/mol. The SMILES string of the molecule is CN(C)Cc1cccc(-c2cnc(Nc3ccnc(-c4cnn(S(=O)(=O)C5CC5)c4)n3)cc2NC2CCC(C)(O)CC2)n1. The topological polar surface area (TPSA) is 151 Å². The van der Waals surface area contributed by atoms with Crippen LogP contribution in [0.4, 0.5) is 17.3 Å². The summed E-state index contributed by atoms with van der Waals surface area (Å²) in [5.74, 6) is 1.44. The summed E-state index contributed by atoms with van der Waals surface area (Å²) in [4.78, 5) is 20.6. The van der Waals surface area contributed by atoms with Crippen molar-refractivity contribution in [3.05, 3.63) is 60.8 Å². The fraction of sp³-hybridized carbons (Fsp3) is 0.433. The Morgan fingerprint density at radius 2 is 1.84 bits per heavy atom. The minimum Gasteiger partial charge on any atom is -0.390 e. The van der Waals surface area contributed by atoms with Crippen LogP contribution in [0.3, 0.4) is 0 Å². The molecular formula is C30H37N9O3S. The van der Waals surface area contributed by atoms with Crippen LogP contribution in [0.2, 0.25) is 0 Å². The Morgan fingerprint density at radius 3 is 2.58 bits per heavy atom. The molecule has 2 aliphatic carbocycles. The Labute approximate surface area is 251 Å². The minimum absolute atomic E-state index is 0.202. The lowest BCUT2D eigenvalue weighted by Gasteiger charge is -2.34. The standard InChI is InChI=1S/C30H37N9O3S/c1-30(40)12-9-21(10-13-30)34-26-15-28(32-17-24(26)25-6-4-5-22(35-25)19-38(2)3)36-27-11-14-31-29(37-27)20-16-33-39(18-20)43(41,42)23-7-8-23/h4-6,11,14-18,21,23,40H,7-10,12-13,19H2,1-3H3,(H2,31,32,34,36,37). The van der Waals surface area contributed by atoms with Crippen LogP contribution in [0.25, 0.3) is 22.6 Å². The van der Waals surface area contributed by atoms with E-state index in [1.807, 2.05) is 45.3 Å². The molecule has 4 heterocycles. The predicted molar refractivity (Wildman–Crippen MR) is 165 cm³/mol. The number of aromatic nitrogens is 6. The van der Waals surface area contributed by atoms with E-state index in [0.717, 1.165) is 59.0 Å². The zero-order valence-corrected chi connectivity index (χ0v) is 25.4. The first-order chi connectivity index (χ1) is 20.6. The van der Waals surface area contributed by atoms with Gasteiger partial charge in [-0.2, -0.15) is 9.19 Å². The number of pyridine rings is 2. The smallest absolute Gasteiger partial charge is 0.256 e. The molecule has 3 N–H and O–H groups in total. The molecule has 2 fully saturated rings. The molecule has 6 rings (SSSR count). The van der Waals surface area contributed by atoms with Gasteiger partial charge in [0.05, 0.1) is 40.2 Å². The van der Waals surface area contributed by atoms with Gasteiger partial charge < -0.3 is 20.6 Å². The van der Waals surface area contributed by atoms with Crippen LogP contribution in [0.5, 0.6) is 0 Å². The zero-order chi connectivity index (χ0) is 30.2. The van der Waals surface area contributed by atoms with Crippen molar-refractivity contribution in [1.29, 1.82) is 0 Å². The maximum atomic E-state index is 12.6. The lowest BCUT2D eigenvalue weighted by atomic mass is 9.83. The highest BCUT2D eigenvalue weighted by Crippen LogP contribution is 2.34. The van der Waals surface area contributed by atoms with Gasteiger partial charge in [0.25, 0.3) is 10.0 Å². The summed E-state index contributed by atoms with van der Waals surface area (Å²) in [6.07, 6.45) is 10.8. The summed E-state index contributed by atoms with van der Waals surface area (Å²) < 4.78 is 26.1. The number of aliphatic hydroxyl groups is 1. The number of hydrogen-bond donors (Lipinski definition) is 3. The van der Waals surface area contributed by atoms with Crippen molar-refractivity contribution >= 4 is 27.3 Å². The van der Waals surface area contributed by atoms with E-state index in [1.54, 1.807) is 18.5 Å². The molecule has 226 valence electrons. The number of rotatable bonds is 10. The first-order valence-electron chi connectivity index (χ1n) is 14.6. The maximum Gasteiger partial charge on any atom is 0.256 e. The van der Waals surface area contributed by atoms with Crippen molar-refractivity contribution in [2.75, 3.05) is 24.7 Å². The third-order valence-corrected chi connectivity index (χ3v) is 9.86. The van der Waals surface area contributed by atoms with Crippen molar-refractivity contribution in [3.8, 4) is 22.6 Å². The van der Waals surface area contributed by atoms with E-state index in [-0.39, 0.29) is 11.3 Å². The number of hydrogen-bond acceptors (Lipinski definition) is 11. The van der Waals surface area contributed by atoms with E-state index in [0.29, 0.717) is 35.9 Å². The summed E-state index contributed by atoms with van der Waals surface area (Å²) in [5, 5.41) is 21.1. The molecular weight excluding hydrogens is 566 g/mol. The highest BCUT2D eigenvalue weighted by atomic mass is 32.2. The van der Waals surface area contributed by atoms with Gasteiger partial charge in [-0.05, 0) is 77.7 Å². The van der Waals surface area contributed by atoms with Crippen molar-refractivity contribution in [3.63, 3.8) is 0 Å². The van der Waals surface area contributed by atoms with Crippen LogP contribution in [0, 0.1) is 0 Å². The number of nitrogens with zero attached hydrogens (tertiary/aromatic N) is 7. The van der Waals surface area contributed by atoms with Gasteiger partial charge in [0.2, 0.25) is 0 Å². The molecule has 4 aromatic rings. The van der Waals surface area contributed by atoms with Crippen molar-refractivity contribution in [1.82, 2.24) is 34.0 Å². The van der Waals surface area contributed by atoms with Crippen molar-refractivity contribution < 1.29 is 13.5 Å². The van der Waals surface area contributed by atoms with Crippen LogP contribution in [-0.4, -0.2) is 78.5 Å². The summed E-state index contributed by atoms with van der Waals surface area (Å²) in [5.41, 5.74) is 3.44. The summed E-state index contributed by atoms with van der Waals surface area (Å²) in [7, 11) is 0.557. The first kappa shape index (κ1) is 29.1. The third kappa shape index (κ3) is 6.84. The molecule has 0 spiro atoms. The molecule has 2 aliphatic rings. The van der Waals surface area contributed by atoms with E-state index in [4.69, 9.17) is 4.98 Å². The molecule has 0 radical (unpaired) electrons. The van der Waals surface area contributed by atoms with Crippen LogP contribution in [0.1, 0.15) is 51.1 Å². The van der Waals surface area contributed by atoms with E-state index in [1.165, 1.54) is 12.4 Å². The van der Waals surface area contributed by atoms with Crippen molar-refractivity contribution in [2.24, 2.45) is 0 Å². The number of anilines is 3. The Morgan fingerprint density at radius 1 is 1.05 bits per heavy atom. The van der Waals surface area contributed by atoms with Crippen LogP contribution >= 0.6 is 0 Å². The second-order valence-corrected chi connectivity index (χ2v) is 14.1. The quantitative estimate of drug-likeness (QED) is 0.241. The Hall–Kier alpha value is -3.94. The van der Waals surface area contributed by atoms with Gasteiger partial charge in [-0.3, -0.25) is 4.98 Å². The molecule has 13 heteroatoms. The van der Waals surface area contributed by atoms with Gasteiger partial charge in [0.15, 0.2) is 5.82 Å². The second kappa shape index (κ2) is 11.6. The summed E-state index contributed by atoms with van der Waals surface area (Å²) >= 11 is 0. The Bertz CT molecular complexity index is 1710. The first-order valence-corrected chi connectivity index (χ1v) is 16.1.